The summed E-state index contributed by atoms with van der Waals surface area (Å²) in [6.45, 7) is 14.3. The Balaban J connectivity index is 1.40. The third-order valence-corrected chi connectivity index (χ3v) is 14.5. The second kappa shape index (κ2) is 11.1. The maximum Gasteiger partial charge on any atom is 0.407 e. The Morgan fingerprint density at radius 1 is 0.959 bits per heavy atom. The first-order chi connectivity index (χ1) is 22.8. The van der Waals surface area contributed by atoms with Gasteiger partial charge in [0.15, 0.2) is 11.6 Å². The summed E-state index contributed by atoms with van der Waals surface area (Å²) >= 11 is 0. The van der Waals surface area contributed by atoms with Gasteiger partial charge in [-0.15, -0.1) is 0 Å². The van der Waals surface area contributed by atoms with Crippen molar-refractivity contribution >= 4 is 23.6 Å². The number of aliphatic hydroxyl groups is 1. The maximum atomic E-state index is 14.8. The van der Waals surface area contributed by atoms with Gasteiger partial charge in [-0.25, -0.2) is 4.79 Å². The van der Waals surface area contributed by atoms with Crippen molar-refractivity contribution < 1.29 is 29.0 Å². The van der Waals surface area contributed by atoms with E-state index in [1.807, 2.05) is 26.8 Å². The van der Waals surface area contributed by atoms with Crippen molar-refractivity contribution in [3.8, 4) is 6.07 Å². The van der Waals surface area contributed by atoms with E-state index in [9.17, 15) is 29.5 Å². The van der Waals surface area contributed by atoms with Gasteiger partial charge in [0.1, 0.15) is 17.7 Å². The number of nitrogens with one attached hydrogen (secondary N) is 2. The van der Waals surface area contributed by atoms with Crippen LogP contribution in [-0.4, -0.2) is 46.9 Å². The van der Waals surface area contributed by atoms with E-state index in [0.29, 0.717) is 37.7 Å². The zero-order valence-corrected chi connectivity index (χ0v) is 30.2. The number of hydrogen-bond donors (Lipinski definition) is 3. The van der Waals surface area contributed by atoms with Crippen molar-refractivity contribution in [3.63, 3.8) is 0 Å². The highest BCUT2D eigenvalue weighted by atomic mass is 16.5. The largest absolute Gasteiger partial charge is 0.453 e. The number of nitriles is 1. The second-order valence-corrected chi connectivity index (χ2v) is 17.4. The smallest absolute Gasteiger partial charge is 0.407 e. The Morgan fingerprint density at radius 3 is 2.24 bits per heavy atom. The number of ether oxygens (including phenoxy) is 1. The molecule has 6 rings (SSSR count). The number of hydrogen-bond acceptors (Lipinski definition) is 7. The van der Waals surface area contributed by atoms with Crippen LogP contribution in [0.4, 0.5) is 4.79 Å². The zero-order valence-electron chi connectivity index (χ0n) is 30.2. The number of methoxy groups -OCH3 is 1. The quantitative estimate of drug-likeness (QED) is 0.342. The van der Waals surface area contributed by atoms with Gasteiger partial charge in [-0.3, -0.25) is 14.4 Å². The van der Waals surface area contributed by atoms with Crippen LogP contribution in [0.2, 0.25) is 0 Å². The topological polar surface area (TPSA) is 146 Å². The molecule has 49 heavy (non-hydrogen) atoms. The number of Topliss-reactive ketones (excluding diaryl/α,β-unsaturated/α-hetero) is 1. The van der Waals surface area contributed by atoms with Gasteiger partial charge in [0.2, 0.25) is 5.91 Å². The van der Waals surface area contributed by atoms with Gasteiger partial charge in [-0.1, -0.05) is 78.0 Å². The summed E-state index contributed by atoms with van der Waals surface area (Å²) in [5, 5.41) is 29.1. The van der Waals surface area contributed by atoms with E-state index in [1.165, 1.54) is 7.11 Å². The highest BCUT2D eigenvalue weighted by Crippen LogP contribution is 2.75. The number of alkyl carbamates (subject to hydrolysis) is 1. The van der Waals surface area contributed by atoms with Crippen LogP contribution in [0.25, 0.3) is 0 Å². The fourth-order valence-corrected chi connectivity index (χ4v) is 11.4. The van der Waals surface area contributed by atoms with Crippen LogP contribution in [-0.2, 0) is 19.1 Å². The summed E-state index contributed by atoms with van der Waals surface area (Å²) in [6.07, 6.45) is 7.38. The van der Waals surface area contributed by atoms with Gasteiger partial charge in [-0.05, 0) is 85.8 Å². The molecule has 0 spiro atoms. The molecule has 2 amide bonds. The minimum absolute atomic E-state index is 0.0929. The summed E-state index contributed by atoms with van der Waals surface area (Å²) < 4.78 is 4.83. The molecule has 3 saturated carbocycles. The number of carbonyl (C=O) groups excluding carboxylic acids is 4. The third-order valence-electron chi connectivity index (χ3n) is 14.5. The molecule has 5 aliphatic carbocycles. The molecule has 3 N–H and O–H groups in total. The monoisotopic (exact) mass is 669 g/mol. The van der Waals surface area contributed by atoms with Crippen LogP contribution < -0.4 is 10.6 Å². The average molecular weight is 670 g/mol. The average Bonchev–Trinajstić information content (AvgIpc) is 3.05. The molecule has 0 aliphatic heterocycles. The van der Waals surface area contributed by atoms with Crippen LogP contribution in [0, 0.1) is 50.2 Å². The highest BCUT2D eigenvalue weighted by molar-refractivity contribution is 6.05. The first-order valence-corrected chi connectivity index (χ1v) is 17.7. The number of allylic oxidation sites excluding steroid dienone is 3. The molecule has 1 aromatic carbocycles. The highest BCUT2D eigenvalue weighted by Gasteiger charge is 2.75. The zero-order chi connectivity index (χ0) is 36.0. The summed E-state index contributed by atoms with van der Waals surface area (Å²) in [5.74, 6) is -1.42. The van der Waals surface area contributed by atoms with Crippen molar-refractivity contribution in [1.29, 1.82) is 5.26 Å². The summed E-state index contributed by atoms with van der Waals surface area (Å²) in [7, 11) is 1.25. The van der Waals surface area contributed by atoms with Crippen molar-refractivity contribution in [2.24, 2.45) is 38.9 Å². The molecule has 0 saturated heterocycles. The Labute approximate surface area is 289 Å². The van der Waals surface area contributed by atoms with Crippen molar-refractivity contribution in [3.05, 3.63) is 59.2 Å². The minimum atomic E-state index is -1.71. The lowest BCUT2D eigenvalue weighted by molar-refractivity contribution is -0.240. The van der Waals surface area contributed by atoms with Gasteiger partial charge >= 0.3 is 6.09 Å². The normalized spacial score (nSPS) is 41.2. The molecule has 0 aromatic heterocycles. The lowest BCUT2D eigenvalue weighted by Gasteiger charge is -2.71. The predicted octanol–water partition coefficient (Wildman–Crippen LogP) is 6.29. The fraction of sp³-hybridized carbons (Fsp3) is 0.625. The van der Waals surface area contributed by atoms with E-state index in [0.717, 1.165) is 18.4 Å². The fourth-order valence-electron chi connectivity index (χ4n) is 11.4. The Kier molecular flexibility index (Phi) is 7.96. The molecule has 262 valence electrons. The summed E-state index contributed by atoms with van der Waals surface area (Å²) in [5.41, 5.74) is -4.07. The maximum absolute atomic E-state index is 14.8. The van der Waals surface area contributed by atoms with Crippen LogP contribution >= 0.6 is 0 Å². The van der Waals surface area contributed by atoms with E-state index < -0.39 is 56.8 Å². The minimum Gasteiger partial charge on any atom is -0.453 e. The van der Waals surface area contributed by atoms with E-state index in [1.54, 1.807) is 36.4 Å². The first-order valence-electron chi connectivity index (χ1n) is 17.7. The lowest BCUT2D eigenvalue weighted by Crippen LogP contribution is -2.74. The molecule has 9 atom stereocenters. The number of fused-ring (bicyclic) bond motifs is 7. The Morgan fingerprint density at radius 2 is 1.61 bits per heavy atom. The molecule has 0 heterocycles. The SMILES string of the molecule is COC(=O)NC(C(=O)N[C@@]1(C)CC[C@]2(C)CC[C@@]3(C)[C@]4(C)CC[C@H]5C(C)(C)C(=O)C(C#N)=C[C@]5(C)C4=CC(=O)[C@]3(O)[C@@H]2C1)c1ccccc1. The van der Waals surface area contributed by atoms with Crippen molar-refractivity contribution in [2.45, 2.75) is 111 Å². The predicted molar refractivity (Wildman–Crippen MR) is 184 cm³/mol. The molecule has 1 aromatic rings. The standard InChI is InChI=1S/C40H51N3O6/c1-34(2)26-14-15-38(6)27(37(26,5)21-25(23-41)31(34)45)20-29(44)40(48)28-22-36(4,18-16-35(28,3)17-19-39(38,40)7)43-32(46)30(42-33(47)49-8)24-12-10-9-11-13-24/h9-13,20-21,26,28,30,48H,14-19,22H2,1-8H3,(H,42,47)(H,43,46)/t26-,28+,30?,35+,36-,37-,38+,39-,40+/m0/s1. The van der Waals surface area contributed by atoms with Crippen LogP contribution in [0.1, 0.15) is 105 Å². The number of amides is 2. The second-order valence-electron chi connectivity index (χ2n) is 17.4. The van der Waals surface area contributed by atoms with Crippen LogP contribution in [0.3, 0.4) is 0 Å². The molecule has 9 nitrogen and oxygen atoms in total. The van der Waals surface area contributed by atoms with E-state index in [2.05, 4.69) is 44.4 Å². The molecule has 9 heteroatoms. The van der Waals surface area contributed by atoms with Crippen LogP contribution in [0.5, 0.6) is 0 Å². The van der Waals surface area contributed by atoms with Crippen LogP contribution in [0.15, 0.2) is 53.6 Å². The number of rotatable bonds is 4. The summed E-state index contributed by atoms with van der Waals surface area (Å²) in [4.78, 5) is 54.4. The lowest BCUT2D eigenvalue weighted by atomic mass is 9.33. The molecule has 3 fully saturated rings. The van der Waals surface area contributed by atoms with Crippen molar-refractivity contribution in [2.75, 3.05) is 7.11 Å². The molecular formula is C40H51N3O6. The van der Waals surface area contributed by atoms with E-state index in [-0.39, 0.29) is 28.5 Å². The summed E-state index contributed by atoms with van der Waals surface area (Å²) in [6, 6.07) is 10.1. The Bertz CT molecular complexity index is 1730. The molecule has 1 unspecified atom stereocenters. The van der Waals surface area contributed by atoms with Crippen molar-refractivity contribution in [1.82, 2.24) is 10.6 Å². The molecular weight excluding hydrogens is 618 g/mol. The Hall–Kier alpha value is -3.77. The number of carbonyl (C=O) groups is 4. The number of benzene rings is 1. The van der Waals surface area contributed by atoms with Gasteiger partial charge in [-0.2, -0.15) is 5.26 Å². The molecule has 5 aliphatic rings. The van der Waals surface area contributed by atoms with E-state index >= 15 is 0 Å². The molecule has 0 radical (unpaired) electrons. The van der Waals surface area contributed by atoms with Gasteiger partial charge in [0, 0.05) is 27.7 Å². The molecule has 0 bridgehead atoms. The number of ketones is 2. The van der Waals surface area contributed by atoms with Gasteiger partial charge < -0.3 is 20.5 Å². The third kappa shape index (κ3) is 4.72. The first kappa shape index (κ1) is 35.1. The van der Waals surface area contributed by atoms with Gasteiger partial charge in [0.05, 0.1) is 12.7 Å². The number of nitrogens with zero attached hydrogens (tertiary/aromatic N) is 1. The van der Waals surface area contributed by atoms with Gasteiger partial charge in [0.25, 0.3) is 0 Å². The van der Waals surface area contributed by atoms with E-state index in [4.69, 9.17) is 4.74 Å².